The molecule has 112 valence electrons. The molecule has 6 heteroatoms. The van der Waals surface area contributed by atoms with E-state index in [2.05, 4.69) is 40.2 Å². The zero-order chi connectivity index (χ0) is 15.2. The van der Waals surface area contributed by atoms with Crippen LogP contribution in [0.2, 0.25) is 0 Å². The van der Waals surface area contributed by atoms with E-state index in [1.807, 2.05) is 18.3 Å². The van der Waals surface area contributed by atoms with E-state index in [4.69, 9.17) is 5.73 Å². The standard InChI is InChI=1S/C15H19BrN4O/c1-15(2)9(7-17)6-12(15)19-14(21)10-8-18-20-5-3-4-11(16)13(10)20/h3-5,8-9,12H,6-7,17H2,1-2H3,(H,19,21). The minimum atomic E-state index is -0.0783. The van der Waals surface area contributed by atoms with Crippen molar-refractivity contribution in [1.29, 1.82) is 0 Å². The Balaban J connectivity index is 1.83. The second-order valence-electron chi connectivity index (χ2n) is 6.22. The molecule has 1 aliphatic carbocycles. The maximum atomic E-state index is 12.5. The van der Waals surface area contributed by atoms with Gasteiger partial charge in [-0.3, -0.25) is 4.79 Å². The van der Waals surface area contributed by atoms with Crippen LogP contribution in [0.5, 0.6) is 0 Å². The molecule has 1 saturated carbocycles. The summed E-state index contributed by atoms with van der Waals surface area (Å²) in [5, 5.41) is 7.35. The molecule has 3 N–H and O–H groups in total. The first kappa shape index (κ1) is 14.5. The van der Waals surface area contributed by atoms with Gasteiger partial charge in [-0.25, -0.2) is 4.52 Å². The van der Waals surface area contributed by atoms with Gasteiger partial charge < -0.3 is 11.1 Å². The highest BCUT2D eigenvalue weighted by Crippen LogP contribution is 2.45. The number of aromatic nitrogens is 2. The minimum Gasteiger partial charge on any atom is -0.349 e. The molecule has 2 atom stereocenters. The molecular formula is C15H19BrN4O. The van der Waals surface area contributed by atoms with Gasteiger partial charge in [-0.15, -0.1) is 0 Å². The minimum absolute atomic E-state index is 0.0462. The molecule has 2 unspecified atom stereocenters. The number of carbonyl (C=O) groups is 1. The summed E-state index contributed by atoms with van der Waals surface area (Å²) in [7, 11) is 0. The van der Waals surface area contributed by atoms with Gasteiger partial charge in [-0.1, -0.05) is 13.8 Å². The number of hydrogen-bond acceptors (Lipinski definition) is 3. The lowest BCUT2D eigenvalue weighted by Crippen LogP contribution is -2.60. The van der Waals surface area contributed by atoms with Crippen molar-refractivity contribution in [3.05, 3.63) is 34.6 Å². The number of nitrogens with one attached hydrogen (secondary N) is 1. The highest BCUT2D eigenvalue weighted by molar-refractivity contribution is 9.10. The van der Waals surface area contributed by atoms with Gasteiger partial charge in [0.15, 0.2) is 0 Å². The molecule has 21 heavy (non-hydrogen) atoms. The Morgan fingerprint density at radius 2 is 2.38 bits per heavy atom. The predicted molar refractivity (Wildman–Crippen MR) is 85.1 cm³/mol. The normalized spacial score (nSPS) is 23.8. The molecule has 0 saturated heterocycles. The Bertz CT molecular complexity index is 694. The van der Waals surface area contributed by atoms with Crippen molar-refractivity contribution in [3.63, 3.8) is 0 Å². The molecule has 0 spiro atoms. The van der Waals surface area contributed by atoms with E-state index in [1.165, 1.54) is 0 Å². The summed E-state index contributed by atoms with van der Waals surface area (Å²) in [6, 6.07) is 3.95. The van der Waals surface area contributed by atoms with Crippen molar-refractivity contribution in [3.8, 4) is 0 Å². The first-order valence-electron chi connectivity index (χ1n) is 7.08. The third-order valence-electron chi connectivity index (χ3n) is 4.80. The Morgan fingerprint density at radius 1 is 1.62 bits per heavy atom. The number of halogens is 1. The van der Waals surface area contributed by atoms with E-state index in [1.54, 1.807) is 10.7 Å². The van der Waals surface area contributed by atoms with Gasteiger partial charge >= 0.3 is 0 Å². The van der Waals surface area contributed by atoms with Crippen LogP contribution in [-0.4, -0.2) is 28.1 Å². The van der Waals surface area contributed by atoms with Gasteiger partial charge in [0.05, 0.1) is 17.3 Å². The maximum Gasteiger partial charge on any atom is 0.255 e. The number of amides is 1. The fourth-order valence-electron chi connectivity index (χ4n) is 3.06. The third-order valence-corrected chi connectivity index (χ3v) is 5.44. The average Bonchev–Trinajstić information content (AvgIpc) is 2.88. The van der Waals surface area contributed by atoms with Gasteiger partial charge in [0.25, 0.3) is 5.91 Å². The Kier molecular flexibility index (Phi) is 3.53. The van der Waals surface area contributed by atoms with E-state index < -0.39 is 0 Å². The van der Waals surface area contributed by atoms with Crippen LogP contribution in [0.3, 0.4) is 0 Å². The maximum absolute atomic E-state index is 12.5. The lowest BCUT2D eigenvalue weighted by atomic mass is 9.58. The molecule has 0 aliphatic heterocycles. The highest BCUT2D eigenvalue weighted by atomic mass is 79.9. The molecule has 1 fully saturated rings. The number of carbonyl (C=O) groups excluding carboxylic acids is 1. The summed E-state index contributed by atoms with van der Waals surface area (Å²) < 4.78 is 2.56. The smallest absolute Gasteiger partial charge is 0.255 e. The second-order valence-corrected chi connectivity index (χ2v) is 7.08. The van der Waals surface area contributed by atoms with E-state index in [9.17, 15) is 4.79 Å². The quantitative estimate of drug-likeness (QED) is 0.891. The number of rotatable bonds is 3. The van der Waals surface area contributed by atoms with Crippen LogP contribution in [0, 0.1) is 11.3 Å². The highest BCUT2D eigenvalue weighted by Gasteiger charge is 2.47. The van der Waals surface area contributed by atoms with Crippen LogP contribution in [-0.2, 0) is 0 Å². The lowest BCUT2D eigenvalue weighted by Gasteiger charge is -2.52. The Labute approximate surface area is 132 Å². The summed E-state index contributed by atoms with van der Waals surface area (Å²) >= 11 is 3.48. The van der Waals surface area contributed by atoms with Crippen LogP contribution in [0.25, 0.3) is 5.52 Å². The molecule has 5 nitrogen and oxygen atoms in total. The average molecular weight is 351 g/mol. The molecule has 1 aliphatic rings. The lowest BCUT2D eigenvalue weighted by molar-refractivity contribution is 0.0200. The monoisotopic (exact) mass is 350 g/mol. The summed E-state index contributed by atoms with van der Waals surface area (Å²) in [6.07, 6.45) is 4.38. The first-order chi connectivity index (χ1) is 9.95. The van der Waals surface area contributed by atoms with Crippen LogP contribution in [0.15, 0.2) is 29.0 Å². The van der Waals surface area contributed by atoms with Crippen molar-refractivity contribution >= 4 is 27.4 Å². The molecule has 0 aromatic carbocycles. The zero-order valence-corrected chi connectivity index (χ0v) is 13.7. The zero-order valence-electron chi connectivity index (χ0n) is 12.1. The first-order valence-corrected chi connectivity index (χ1v) is 7.87. The summed E-state index contributed by atoms with van der Waals surface area (Å²) in [6.45, 7) is 4.98. The van der Waals surface area contributed by atoms with Crippen LogP contribution < -0.4 is 11.1 Å². The van der Waals surface area contributed by atoms with Gasteiger partial charge in [-0.2, -0.15) is 5.10 Å². The number of pyridine rings is 1. The van der Waals surface area contributed by atoms with Crippen molar-refractivity contribution in [2.75, 3.05) is 6.54 Å². The van der Waals surface area contributed by atoms with Crippen LogP contribution in [0.4, 0.5) is 0 Å². The molecule has 2 aromatic rings. The van der Waals surface area contributed by atoms with Gasteiger partial charge in [0.1, 0.15) is 0 Å². The summed E-state index contributed by atoms with van der Waals surface area (Å²) in [5.41, 5.74) is 7.19. The Hall–Kier alpha value is -1.40. The van der Waals surface area contributed by atoms with E-state index >= 15 is 0 Å². The fraction of sp³-hybridized carbons (Fsp3) is 0.467. The van der Waals surface area contributed by atoms with Crippen molar-refractivity contribution in [1.82, 2.24) is 14.9 Å². The fourth-order valence-corrected chi connectivity index (χ4v) is 3.61. The topological polar surface area (TPSA) is 72.4 Å². The third kappa shape index (κ3) is 2.26. The van der Waals surface area contributed by atoms with Gasteiger partial charge in [0.2, 0.25) is 0 Å². The number of hydrogen-bond donors (Lipinski definition) is 2. The second kappa shape index (κ2) is 5.10. The molecule has 0 bridgehead atoms. The SMILES string of the molecule is CC1(C)C(CN)CC1NC(=O)c1cnn2cccc(Br)c12. The summed E-state index contributed by atoms with van der Waals surface area (Å²) in [5.74, 6) is 0.392. The number of nitrogens with zero attached hydrogens (tertiary/aromatic N) is 2. The van der Waals surface area contributed by atoms with Crippen molar-refractivity contribution in [2.24, 2.45) is 17.1 Å². The molecule has 0 radical (unpaired) electrons. The predicted octanol–water partition coefficient (Wildman–Crippen LogP) is 2.20. The van der Waals surface area contributed by atoms with Gasteiger partial charge in [0, 0.05) is 16.7 Å². The van der Waals surface area contributed by atoms with Crippen molar-refractivity contribution in [2.45, 2.75) is 26.3 Å². The molecule has 2 heterocycles. The van der Waals surface area contributed by atoms with E-state index in [-0.39, 0.29) is 17.4 Å². The molecular weight excluding hydrogens is 332 g/mol. The van der Waals surface area contributed by atoms with Gasteiger partial charge in [-0.05, 0) is 52.4 Å². The Morgan fingerprint density at radius 3 is 3.05 bits per heavy atom. The largest absolute Gasteiger partial charge is 0.349 e. The molecule has 1 amide bonds. The van der Waals surface area contributed by atoms with Crippen molar-refractivity contribution < 1.29 is 4.79 Å². The van der Waals surface area contributed by atoms with E-state index in [0.29, 0.717) is 18.0 Å². The number of nitrogens with two attached hydrogens (primary N) is 1. The number of fused-ring (bicyclic) bond motifs is 1. The van der Waals surface area contributed by atoms with Crippen LogP contribution >= 0.6 is 15.9 Å². The van der Waals surface area contributed by atoms with E-state index in [0.717, 1.165) is 16.4 Å². The summed E-state index contributed by atoms with van der Waals surface area (Å²) in [4.78, 5) is 12.5. The molecule has 2 aromatic heterocycles. The van der Waals surface area contributed by atoms with Crippen LogP contribution in [0.1, 0.15) is 30.6 Å². The molecule has 3 rings (SSSR count).